The third kappa shape index (κ3) is 2.96. The van der Waals surface area contributed by atoms with Gasteiger partial charge in [0.05, 0.1) is 10.6 Å². The van der Waals surface area contributed by atoms with Crippen LogP contribution < -0.4 is 10.0 Å². The molecule has 1 aliphatic heterocycles. The van der Waals surface area contributed by atoms with E-state index < -0.39 is 10.0 Å². The zero-order valence-electron chi connectivity index (χ0n) is 14.1. The second kappa shape index (κ2) is 6.08. The van der Waals surface area contributed by atoms with Gasteiger partial charge in [-0.25, -0.2) is 13.1 Å². The van der Waals surface area contributed by atoms with E-state index in [0.717, 1.165) is 0 Å². The fourth-order valence-corrected chi connectivity index (χ4v) is 3.84. The molecule has 8 nitrogen and oxygen atoms in total. The lowest BCUT2D eigenvalue weighted by Crippen LogP contribution is -2.19. The van der Waals surface area contributed by atoms with Gasteiger partial charge in [-0.3, -0.25) is 9.59 Å². The van der Waals surface area contributed by atoms with Crippen LogP contribution in [0, 0.1) is 13.8 Å². The number of rotatable bonds is 3. The van der Waals surface area contributed by atoms with Crippen LogP contribution in [0.1, 0.15) is 28.9 Å². The van der Waals surface area contributed by atoms with E-state index in [4.69, 9.17) is 0 Å². The molecule has 2 aromatic rings. The van der Waals surface area contributed by atoms with Crippen molar-refractivity contribution in [1.82, 2.24) is 14.5 Å². The van der Waals surface area contributed by atoms with Crippen LogP contribution in [0.15, 0.2) is 23.1 Å². The molecule has 2 heterocycles. The van der Waals surface area contributed by atoms with Crippen molar-refractivity contribution in [2.24, 2.45) is 0 Å². The zero-order valence-corrected chi connectivity index (χ0v) is 14.9. The van der Waals surface area contributed by atoms with Crippen LogP contribution >= 0.6 is 0 Å². The van der Waals surface area contributed by atoms with Crippen LogP contribution in [0.5, 0.6) is 0 Å². The topological polar surface area (TPSA) is 110 Å². The second-order valence-corrected chi connectivity index (χ2v) is 7.71. The minimum atomic E-state index is -3.64. The summed E-state index contributed by atoms with van der Waals surface area (Å²) >= 11 is 0. The lowest BCUT2D eigenvalue weighted by molar-refractivity contribution is -0.116. The molecule has 1 aromatic heterocycles. The Bertz CT molecular complexity index is 992. The average Bonchev–Trinajstić information content (AvgIpc) is 2.82. The average molecular weight is 362 g/mol. The molecule has 9 heteroatoms. The number of hydrogen-bond donors (Lipinski definition) is 2. The minimum Gasteiger partial charge on any atom is -0.310 e. The van der Waals surface area contributed by atoms with Crippen LogP contribution in [-0.2, 0) is 14.8 Å². The van der Waals surface area contributed by atoms with E-state index >= 15 is 0 Å². The SMILES string of the molecule is CNS(=O)(=O)c1cc(-c2c(C)nn3c2NC(=O)CCC3=O)ccc1C. The number of amides is 1. The van der Waals surface area contributed by atoms with Gasteiger partial charge in [-0.2, -0.15) is 9.78 Å². The quantitative estimate of drug-likeness (QED) is 0.859. The standard InChI is InChI=1S/C16H18N4O4S/c1-9-4-5-11(8-12(9)25(23,24)17-3)15-10(2)19-20-14(22)7-6-13(21)18-16(15)20/h4-5,8,17H,6-7H2,1-3H3,(H,18,21). The van der Waals surface area contributed by atoms with Gasteiger partial charge in [0.1, 0.15) is 5.82 Å². The molecule has 0 atom stereocenters. The number of hydrogen-bond acceptors (Lipinski definition) is 5. The molecule has 0 unspecified atom stereocenters. The van der Waals surface area contributed by atoms with Crippen LogP contribution in [-0.4, -0.2) is 37.1 Å². The number of carbonyl (C=O) groups excluding carboxylic acids is 2. The van der Waals surface area contributed by atoms with E-state index in [1.54, 1.807) is 26.0 Å². The van der Waals surface area contributed by atoms with E-state index in [2.05, 4.69) is 15.1 Å². The van der Waals surface area contributed by atoms with E-state index in [0.29, 0.717) is 22.4 Å². The predicted octanol–water partition coefficient (Wildman–Crippen LogP) is 1.45. The number of sulfonamides is 1. The van der Waals surface area contributed by atoms with Gasteiger partial charge in [0.2, 0.25) is 21.8 Å². The van der Waals surface area contributed by atoms with Gasteiger partial charge >= 0.3 is 0 Å². The number of nitrogens with one attached hydrogen (secondary N) is 2. The molecule has 0 bridgehead atoms. The Hall–Kier alpha value is -2.52. The number of aromatic nitrogens is 2. The van der Waals surface area contributed by atoms with Gasteiger partial charge < -0.3 is 5.32 Å². The molecule has 0 saturated heterocycles. The van der Waals surface area contributed by atoms with E-state index in [1.165, 1.54) is 17.8 Å². The normalized spacial score (nSPS) is 14.8. The molecular formula is C16H18N4O4S. The Balaban J connectivity index is 2.24. The summed E-state index contributed by atoms with van der Waals surface area (Å²) in [5.74, 6) is -0.275. The number of anilines is 1. The first-order valence-corrected chi connectivity index (χ1v) is 9.20. The number of nitrogens with zero attached hydrogens (tertiary/aromatic N) is 2. The molecule has 132 valence electrons. The van der Waals surface area contributed by atoms with Crippen LogP contribution in [0.4, 0.5) is 5.82 Å². The molecule has 0 radical (unpaired) electrons. The number of aryl methyl sites for hydroxylation is 2. The summed E-state index contributed by atoms with van der Waals surface area (Å²) in [6.07, 6.45) is 0.167. The molecule has 0 saturated carbocycles. The van der Waals surface area contributed by atoms with Gasteiger partial charge in [-0.05, 0) is 38.1 Å². The summed E-state index contributed by atoms with van der Waals surface area (Å²) in [5.41, 5.74) is 2.22. The van der Waals surface area contributed by atoms with Crippen LogP contribution in [0.2, 0.25) is 0 Å². The van der Waals surface area contributed by atoms with Gasteiger partial charge in [0.15, 0.2) is 0 Å². The third-order valence-corrected chi connectivity index (χ3v) is 5.71. The minimum absolute atomic E-state index is 0.0761. The van der Waals surface area contributed by atoms with Crippen molar-refractivity contribution in [3.8, 4) is 11.1 Å². The largest absolute Gasteiger partial charge is 0.310 e. The van der Waals surface area contributed by atoms with Crippen molar-refractivity contribution in [2.45, 2.75) is 31.6 Å². The maximum absolute atomic E-state index is 12.2. The van der Waals surface area contributed by atoms with Gasteiger partial charge in [0.25, 0.3) is 0 Å². The highest BCUT2D eigenvalue weighted by atomic mass is 32.2. The van der Waals surface area contributed by atoms with Crippen molar-refractivity contribution in [3.63, 3.8) is 0 Å². The van der Waals surface area contributed by atoms with Gasteiger partial charge in [-0.1, -0.05) is 12.1 Å². The Kier molecular flexibility index (Phi) is 4.21. The lowest BCUT2D eigenvalue weighted by atomic mass is 10.0. The monoisotopic (exact) mass is 362 g/mol. The molecule has 2 N–H and O–H groups in total. The molecule has 1 amide bonds. The number of carbonyl (C=O) groups is 2. The first kappa shape index (κ1) is 17.3. The Morgan fingerprint density at radius 1 is 1.20 bits per heavy atom. The molecule has 25 heavy (non-hydrogen) atoms. The molecule has 1 aromatic carbocycles. The maximum Gasteiger partial charge on any atom is 0.249 e. The highest BCUT2D eigenvalue weighted by Crippen LogP contribution is 2.34. The number of benzene rings is 1. The molecule has 3 rings (SSSR count). The van der Waals surface area contributed by atoms with Gasteiger partial charge in [0, 0.05) is 18.4 Å². The van der Waals surface area contributed by atoms with E-state index in [9.17, 15) is 18.0 Å². The van der Waals surface area contributed by atoms with Crippen molar-refractivity contribution < 1.29 is 18.0 Å². The molecule has 0 fully saturated rings. The lowest BCUT2D eigenvalue weighted by Gasteiger charge is -2.11. The maximum atomic E-state index is 12.2. The summed E-state index contributed by atoms with van der Waals surface area (Å²) in [6, 6.07) is 4.95. The number of fused-ring (bicyclic) bond motifs is 1. The molecular weight excluding hydrogens is 344 g/mol. The Morgan fingerprint density at radius 3 is 2.60 bits per heavy atom. The fraction of sp³-hybridized carbons (Fsp3) is 0.312. The van der Waals surface area contributed by atoms with Crippen molar-refractivity contribution in [3.05, 3.63) is 29.5 Å². The summed E-state index contributed by atoms with van der Waals surface area (Å²) in [6.45, 7) is 3.41. The summed E-state index contributed by atoms with van der Waals surface area (Å²) in [4.78, 5) is 24.2. The van der Waals surface area contributed by atoms with Crippen LogP contribution in [0.25, 0.3) is 11.1 Å². The Morgan fingerprint density at radius 2 is 1.92 bits per heavy atom. The van der Waals surface area contributed by atoms with Crippen LogP contribution in [0.3, 0.4) is 0 Å². The Labute approximate surface area is 145 Å². The summed E-state index contributed by atoms with van der Waals surface area (Å²) in [7, 11) is -2.29. The summed E-state index contributed by atoms with van der Waals surface area (Å²) in [5, 5.41) is 6.93. The first-order valence-electron chi connectivity index (χ1n) is 7.72. The fourth-order valence-electron chi connectivity index (χ4n) is 2.84. The van der Waals surface area contributed by atoms with Crippen molar-refractivity contribution >= 4 is 27.7 Å². The second-order valence-electron chi connectivity index (χ2n) is 5.85. The molecule has 0 spiro atoms. The third-order valence-electron chi connectivity index (χ3n) is 4.16. The molecule has 1 aliphatic rings. The first-order chi connectivity index (χ1) is 11.7. The zero-order chi connectivity index (χ0) is 18.4. The van der Waals surface area contributed by atoms with Crippen molar-refractivity contribution in [2.75, 3.05) is 12.4 Å². The summed E-state index contributed by atoms with van der Waals surface area (Å²) < 4.78 is 27.9. The predicted molar refractivity (Wildman–Crippen MR) is 91.9 cm³/mol. The highest BCUT2D eigenvalue weighted by molar-refractivity contribution is 7.89. The van der Waals surface area contributed by atoms with E-state index in [-0.39, 0.29) is 35.4 Å². The van der Waals surface area contributed by atoms with E-state index in [1.807, 2.05) is 0 Å². The van der Waals surface area contributed by atoms with Crippen molar-refractivity contribution in [1.29, 1.82) is 0 Å². The van der Waals surface area contributed by atoms with Gasteiger partial charge in [-0.15, -0.1) is 0 Å². The smallest absolute Gasteiger partial charge is 0.249 e. The molecule has 0 aliphatic carbocycles. The highest BCUT2D eigenvalue weighted by Gasteiger charge is 2.27.